The van der Waals surface area contributed by atoms with Crippen LogP contribution in [0.1, 0.15) is 34.2 Å². The van der Waals surface area contributed by atoms with Gasteiger partial charge in [0.15, 0.2) is 6.10 Å². The van der Waals surface area contributed by atoms with Gasteiger partial charge in [0.25, 0.3) is 11.6 Å². The molecule has 0 saturated carbocycles. The first-order valence-electron chi connectivity index (χ1n) is 9.88. The molecule has 0 radical (unpaired) electrons. The molecule has 1 aromatic heterocycles. The summed E-state index contributed by atoms with van der Waals surface area (Å²) >= 11 is 0. The van der Waals surface area contributed by atoms with E-state index in [2.05, 4.69) is 5.10 Å². The number of non-ortho nitro benzene ring substituents is 1. The standard InChI is InChI=1S/C22H19F3N4O5/c1-12-10-13(2)28(27-12)16-6-4-15(5-7-16)21(31)34-14(3)20(30)26-19-9-8-17(29(32)33)11-18(19)22(23,24)25/h4-11,14H,1-3H3,(H,26,30). The molecule has 34 heavy (non-hydrogen) atoms. The third-order valence-electron chi connectivity index (χ3n) is 4.79. The van der Waals surface area contributed by atoms with Gasteiger partial charge in [-0.15, -0.1) is 0 Å². The normalized spacial score (nSPS) is 12.2. The summed E-state index contributed by atoms with van der Waals surface area (Å²) in [5, 5.41) is 17.1. The number of aryl methyl sites for hydroxylation is 2. The van der Waals surface area contributed by atoms with Gasteiger partial charge in [0.2, 0.25) is 0 Å². The highest BCUT2D eigenvalue weighted by Crippen LogP contribution is 2.37. The quantitative estimate of drug-likeness (QED) is 0.316. The molecule has 3 aromatic rings. The van der Waals surface area contributed by atoms with Crippen LogP contribution in [-0.4, -0.2) is 32.7 Å². The van der Waals surface area contributed by atoms with Crippen molar-refractivity contribution in [2.24, 2.45) is 0 Å². The lowest BCUT2D eigenvalue weighted by molar-refractivity contribution is -0.385. The molecule has 0 aliphatic rings. The van der Waals surface area contributed by atoms with E-state index in [0.29, 0.717) is 11.8 Å². The van der Waals surface area contributed by atoms with Gasteiger partial charge in [-0.1, -0.05) is 0 Å². The van der Waals surface area contributed by atoms with Gasteiger partial charge in [-0.05, 0) is 57.2 Å². The van der Waals surface area contributed by atoms with E-state index in [1.54, 1.807) is 16.8 Å². The average Bonchev–Trinajstić information content (AvgIpc) is 3.10. The number of nitrogens with one attached hydrogen (secondary N) is 1. The van der Waals surface area contributed by atoms with Gasteiger partial charge in [-0.2, -0.15) is 18.3 Å². The minimum atomic E-state index is -4.96. The maximum atomic E-state index is 13.3. The number of aromatic nitrogens is 2. The van der Waals surface area contributed by atoms with Crippen LogP contribution >= 0.6 is 0 Å². The first-order chi connectivity index (χ1) is 15.9. The van der Waals surface area contributed by atoms with E-state index in [-0.39, 0.29) is 5.56 Å². The van der Waals surface area contributed by atoms with E-state index in [1.807, 2.05) is 25.2 Å². The van der Waals surface area contributed by atoms with Crippen LogP contribution in [0.25, 0.3) is 5.69 Å². The summed E-state index contributed by atoms with van der Waals surface area (Å²) in [6.45, 7) is 4.91. The molecule has 0 saturated heterocycles. The molecule has 1 amide bonds. The number of carbonyl (C=O) groups is 2. The highest BCUT2D eigenvalue weighted by Gasteiger charge is 2.36. The van der Waals surface area contributed by atoms with Crippen LogP contribution in [0.15, 0.2) is 48.5 Å². The Kier molecular flexibility index (Phi) is 6.70. The monoisotopic (exact) mass is 476 g/mol. The van der Waals surface area contributed by atoms with Crippen LogP contribution in [0, 0.1) is 24.0 Å². The largest absolute Gasteiger partial charge is 0.449 e. The SMILES string of the molecule is Cc1cc(C)n(-c2ccc(C(=O)OC(C)C(=O)Nc3ccc([N+](=O)[O-])cc3C(F)(F)F)cc2)n1. The number of carbonyl (C=O) groups excluding carboxylic acids is 2. The summed E-state index contributed by atoms with van der Waals surface area (Å²) in [6.07, 6.45) is -6.40. The van der Waals surface area contributed by atoms with Gasteiger partial charge >= 0.3 is 12.1 Å². The van der Waals surface area contributed by atoms with Crippen molar-refractivity contribution in [1.82, 2.24) is 9.78 Å². The summed E-state index contributed by atoms with van der Waals surface area (Å²) in [4.78, 5) is 34.6. The molecule has 1 unspecified atom stereocenters. The third-order valence-corrected chi connectivity index (χ3v) is 4.79. The molecule has 1 heterocycles. The van der Waals surface area contributed by atoms with E-state index >= 15 is 0 Å². The second kappa shape index (κ2) is 9.33. The zero-order valence-electron chi connectivity index (χ0n) is 18.2. The number of ether oxygens (including phenoxy) is 1. The minimum absolute atomic E-state index is 0.122. The number of nitrogens with zero attached hydrogens (tertiary/aromatic N) is 3. The maximum absolute atomic E-state index is 13.3. The van der Waals surface area contributed by atoms with Gasteiger partial charge < -0.3 is 10.1 Å². The number of esters is 1. The number of hydrogen-bond donors (Lipinski definition) is 1. The third kappa shape index (κ3) is 5.39. The smallest absolute Gasteiger partial charge is 0.418 e. The summed E-state index contributed by atoms with van der Waals surface area (Å²) in [5.41, 5.74) is -0.338. The lowest BCUT2D eigenvalue weighted by Gasteiger charge is -2.17. The van der Waals surface area contributed by atoms with Crippen LogP contribution in [0.2, 0.25) is 0 Å². The lowest BCUT2D eigenvalue weighted by Crippen LogP contribution is -2.30. The van der Waals surface area contributed by atoms with Crippen molar-refractivity contribution in [1.29, 1.82) is 0 Å². The Hall–Kier alpha value is -4.22. The van der Waals surface area contributed by atoms with Crippen LogP contribution in [0.3, 0.4) is 0 Å². The van der Waals surface area contributed by atoms with Crippen molar-refractivity contribution in [2.45, 2.75) is 33.1 Å². The highest BCUT2D eigenvalue weighted by molar-refractivity contribution is 5.98. The fourth-order valence-electron chi connectivity index (χ4n) is 3.13. The van der Waals surface area contributed by atoms with E-state index in [1.165, 1.54) is 19.1 Å². The van der Waals surface area contributed by atoms with Crippen LogP contribution < -0.4 is 5.32 Å². The Morgan fingerprint density at radius 3 is 2.29 bits per heavy atom. The van der Waals surface area contributed by atoms with E-state index < -0.39 is 46.0 Å². The Balaban J connectivity index is 1.70. The lowest BCUT2D eigenvalue weighted by atomic mass is 10.1. The van der Waals surface area contributed by atoms with Crippen molar-refractivity contribution < 1.29 is 32.4 Å². The summed E-state index contributed by atoms with van der Waals surface area (Å²) < 4.78 is 46.6. The molecular formula is C22H19F3N4O5. The van der Waals surface area contributed by atoms with E-state index in [9.17, 15) is 32.9 Å². The van der Waals surface area contributed by atoms with Crippen molar-refractivity contribution in [2.75, 3.05) is 5.32 Å². The number of halogens is 3. The molecule has 0 aliphatic carbocycles. The molecule has 12 heteroatoms. The fraction of sp³-hybridized carbons (Fsp3) is 0.227. The molecule has 9 nitrogen and oxygen atoms in total. The molecule has 1 atom stereocenters. The first-order valence-corrected chi connectivity index (χ1v) is 9.88. The Morgan fingerprint density at radius 1 is 1.12 bits per heavy atom. The zero-order valence-corrected chi connectivity index (χ0v) is 18.2. The molecule has 0 bridgehead atoms. The fourth-order valence-corrected chi connectivity index (χ4v) is 3.13. The van der Waals surface area contributed by atoms with E-state index in [0.717, 1.165) is 23.5 Å². The van der Waals surface area contributed by atoms with Crippen LogP contribution in [0.5, 0.6) is 0 Å². The first kappa shape index (κ1) is 24.4. The van der Waals surface area contributed by atoms with Crippen molar-refractivity contribution >= 4 is 23.3 Å². The molecule has 0 spiro atoms. The maximum Gasteiger partial charge on any atom is 0.418 e. The highest BCUT2D eigenvalue weighted by atomic mass is 19.4. The number of anilines is 1. The summed E-state index contributed by atoms with van der Waals surface area (Å²) in [5.74, 6) is -1.89. The van der Waals surface area contributed by atoms with Gasteiger partial charge in [-0.3, -0.25) is 14.9 Å². The molecule has 3 rings (SSSR count). The molecule has 0 aliphatic heterocycles. The number of hydrogen-bond acceptors (Lipinski definition) is 6. The van der Waals surface area contributed by atoms with Gasteiger partial charge in [0.1, 0.15) is 0 Å². The van der Waals surface area contributed by atoms with E-state index in [4.69, 9.17) is 4.74 Å². The topological polar surface area (TPSA) is 116 Å². The summed E-state index contributed by atoms with van der Waals surface area (Å²) in [6, 6.07) is 10.00. The molecule has 2 aromatic carbocycles. The van der Waals surface area contributed by atoms with Gasteiger partial charge in [0.05, 0.1) is 33.1 Å². The molecule has 178 valence electrons. The van der Waals surface area contributed by atoms with Gasteiger partial charge in [0, 0.05) is 17.8 Å². The van der Waals surface area contributed by atoms with Gasteiger partial charge in [-0.25, -0.2) is 9.48 Å². The van der Waals surface area contributed by atoms with Crippen LogP contribution in [-0.2, 0) is 15.7 Å². The average molecular weight is 476 g/mol. The predicted molar refractivity (Wildman–Crippen MR) is 115 cm³/mol. The number of amides is 1. The number of benzene rings is 2. The Labute approximate surface area is 191 Å². The second-order valence-electron chi connectivity index (χ2n) is 7.41. The number of rotatable bonds is 6. The number of nitro groups is 1. The van der Waals surface area contributed by atoms with Crippen molar-refractivity contribution in [3.63, 3.8) is 0 Å². The van der Waals surface area contributed by atoms with Crippen LogP contribution in [0.4, 0.5) is 24.5 Å². The predicted octanol–water partition coefficient (Wildman–Crippen LogP) is 4.60. The molecule has 0 fully saturated rings. The number of alkyl halides is 3. The molecular weight excluding hydrogens is 457 g/mol. The summed E-state index contributed by atoms with van der Waals surface area (Å²) in [7, 11) is 0. The minimum Gasteiger partial charge on any atom is -0.449 e. The number of nitro benzene ring substituents is 1. The van der Waals surface area contributed by atoms with Crippen molar-refractivity contribution in [3.8, 4) is 5.69 Å². The zero-order chi connectivity index (χ0) is 25.2. The molecule has 1 N–H and O–H groups in total. The van der Waals surface area contributed by atoms with Crippen molar-refractivity contribution in [3.05, 3.63) is 81.2 Å². The Morgan fingerprint density at radius 2 is 1.76 bits per heavy atom. The Bertz CT molecular complexity index is 1250. The second-order valence-corrected chi connectivity index (χ2v) is 7.41.